The van der Waals surface area contributed by atoms with Crippen LogP contribution in [0.3, 0.4) is 0 Å². The minimum absolute atomic E-state index is 0.00239. The van der Waals surface area contributed by atoms with Gasteiger partial charge in [0.05, 0.1) is 5.92 Å². The van der Waals surface area contributed by atoms with Gasteiger partial charge < -0.3 is 20.7 Å². The summed E-state index contributed by atoms with van der Waals surface area (Å²) < 4.78 is 5.53. The van der Waals surface area contributed by atoms with Crippen LogP contribution in [0, 0.1) is 11.8 Å². The lowest BCUT2D eigenvalue weighted by molar-refractivity contribution is -0.137. The predicted octanol–water partition coefficient (Wildman–Crippen LogP) is 1.79. The molecule has 1 aromatic rings. The summed E-state index contributed by atoms with van der Waals surface area (Å²) in [5.41, 5.74) is 5.77. The Kier molecular flexibility index (Phi) is 7.91. The molecule has 1 heterocycles. The maximum absolute atomic E-state index is 12.6. The smallest absolute Gasteiger partial charge is 0.260 e. The molecule has 2 unspecified atom stereocenters. The molecule has 1 saturated heterocycles. The monoisotopic (exact) mass is 361 g/mol. The number of carbonyl (C=O) groups excluding carboxylic acids is 2. The lowest BCUT2D eigenvalue weighted by atomic mass is 9.96. The Morgan fingerprint density at radius 2 is 2.04 bits per heavy atom. The van der Waals surface area contributed by atoms with Gasteiger partial charge in [0.2, 0.25) is 5.91 Å². The molecule has 144 valence electrons. The molecule has 1 fully saturated rings. The van der Waals surface area contributed by atoms with Crippen LogP contribution in [0.4, 0.5) is 0 Å². The average Bonchev–Trinajstić information content (AvgIpc) is 2.66. The van der Waals surface area contributed by atoms with Crippen molar-refractivity contribution in [3.05, 3.63) is 30.3 Å². The number of piperidine rings is 1. The van der Waals surface area contributed by atoms with Crippen molar-refractivity contribution in [1.82, 2.24) is 10.2 Å². The summed E-state index contributed by atoms with van der Waals surface area (Å²) in [4.78, 5) is 26.7. The first-order valence-corrected chi connectivity index (χ1v) is 9.45. The Balaban J connectivity index is 1.83. The molecular formula is C20H31N3O3. The van der Waals surface area contributed by atoms with Crippen molar-refractivity contribution in [1.29, 1.82) is 0 Å². The third kappa shape index (κ3) is 6.33. The van der Waals surface area contributed by atoms with Crippen LogP contribution in [0.5, 0.6) is 5.75 Å². The quantitative estimate of drug-likeness (QED) is 0.739. The van der Waals surface area contributed by atoms with Gasteiger partial charge in [0, 0.05) is 25.7 Å². The summed E-state index contributed by atoms with van der Waals surface area (Å²) in [6.45, 7) is 5.78. The van der Waals surface area contributed by atoms with E-state index >= 15 is 0 Å². The summed E-state index contributed by atoms with van der Waals surface area (Å²) in [7, 11) is 0. The fourth-order valence-electron chi connectivity index (χ4n) is 3.27. The van der Waals surface area contributed by atoms with Gasteiger partial charge in [-0.05, 0) is 37.3 Å². The first kappa shape index (κ1) is 20.2. The van der Waals surface area contributed by atoms with Crippen molar-refractivity contribution in [3.8, 4) is 5.75 Å². The summed E-state index contributed by atoms with van der Waals surface area (Å²) in [6, 6.07) is 9.27. The van der Waals surface area contributed by atoms with Gasteiger partial charge in [-0.15, -0.1) is 0 Å². The van der Waals surface area contributed by atoms with Gasteiger partial charge >= 0.3 is 0 Å². The molecule has 0 spiro atoms. The van der Waals surface area contributed by atoms with Gasteiger partial charge in [0.25, 0.3) is 5.91 Å². The fourth-order valence-corrected chi connectivity index (χ4v) is 3.27. The highest BCUT2D eigenvalue weighted by molar-refractivity contribution is 5.82. The summed E-state index contributed by atoms with van der Waals surface area (Å²) in [5, 5.41) is 3.05. The third-order valence-corrected chi connectivity index (χ3v) is 4.64. The second-order valence-electron chi connectivity index (χ2n) is 7.35. The molecule has 0 saturated carbocycles. The van der Waals surface area contributed by atoms with E-state index in [9.17, 15) is 9.59 Å². The molecule has 0 bridgehead atoms. The number of nitrogens with one attached hydrogen (secondary N) is 1. The van der Waals surface area contributed by atoms with Crippen LogP contribution in [0.25, 0.3) is 0 Å². The number of likely N-dealkylation sites (tertiary alicyclic amines) is 1. The molecule has 0 radical (unpaired) electrons. The summed E-state index contributed by atoms with van der Waals surface area (Å²) in [6.07, 6.45) is 2.49. The van der Waals surface area contributed by atoms with Crippen LogP contribution in [-0.4, -0.2) is 49.0 Å². The Labute approximate surface area is 156 Å². The van der Waals surface area contributed by atoms with E-state index in [0.29, 0.717) is 31.3 Å². The molecule has 2 amide bonds. The number of nitrogens with two attached hydrogens (primary N) is 1. The highest BCUT2D eigenvalue weighted by Crippen LogP contribution is 2.18. The molecule has 0 aromatic heterocycles. The third-order valence-electron chi connectivity index (χ3n) is 4.64. The molecule has 6 nitrogen and oxygen atoms in total. The molecule has 1 aliphatic heterocycles. The average molecular weight is 361 g/mol. The fraction of sp³-hybridized carbons (Fsp3) is 0.600. The van der Waals surface area contributed by atoms with Crippen LogP contribution in [-0.2, 0) is 9.59 Å². The molecule has 1 aromatic carbocycles. The minimum atomic E-state index is -0.175. The first-order chi connectivity index (χ1) is 12.5. The molecule has 2 rings (SSSR count). The van der Waals surface area contributed by atoms with E-state index in [2.05, 4.69) is 19.2 Å². The lowest BCUT2D eigenvalue weighted by Crippen LogP contribution is -2.50. The standard InChI is InChI=1S/C20H31N3O3/c1-15(2)11-17(12-21)22-20(25)16-7-6-10-23(13-16)19(24)14-26-18-8-4-3-5-9-18/h3-5,8-9,15-17H,6-7,10-14,21H2,1-2H3,(H,22,25). The van der Waals surface area contributed by atoms with Crippen LogP contribution >= 0.6 is 0 Å². The number of nitrogens with zero attached hydrogens (tertiary/aromatic N) is 1. The Morgan fingerprint density at radius 1 is 1.31 bits per heavy atom. The number of ether oxygens (including phenoxy) is 1. The molecule has 1 aliphatic rings. The van der Waals surface area contributed by atoms with Gasteiger partial charge in [-0.2, -0.15) is 0 Å². The van der Waals surface area contributed by atoms with Crippen molar-refractivity contribution in [2.24, 2.45) is 17.6 Å². The zero-order chi connectivity index (χ0) is 18.9. The molecular weight excluding hydrogens is 330 g/mol. The highest BCUT2D eigenvalue weighted by atomic mass is 16.5. The van der Waals surface area contributed by atoms with E-state index in [1.165, 1.54) is 0 Å². The summed E-state index contributed by atoms with van der Waals surface area (Å²) in [5.74, 6) is 0.896. The number of para-hydroxylation sites is 1. The number of hydrogen-bond acceptors (Lipinski definition) is 4. The SMILES string of the molecule is CC(C)CC(CN)NC(=O)C1CCCN(C(=O)COc2ccccc2)C1. The number of carbonyl (C=O) groups is 2. The second-order valence-corrected chi connectivity index (χ2v) is 7.35. The van der Waals surface area contributed by atoms with Crippen molar-refractivity contribution >= 4 is 11.8 Å². The van der Waals surface area contributed by atoms with Crippen LogP contribution in [0.2, 0.25) is 0 Å². The lowest BCUT2D eigenvalue weighted by Gasteiger charge is -2.33. The Morgan fingerprint density at radius 3 is 2.69 bits per heavy atom. The van der Waals surface area contributed by atoms with E-state index in [-0.39, 0.29) is 30.4 Å². The van der Waals surface area contributed by atoms with E-state index in [1.54, 1.807) is 4.90 Å². The van der Waals surface area contributed by atoms with Crippen LogP contribution in [0.15, 0.2) is 30.3 Å². The molecule has 6 heteroatoms. The van der Waals surface area contributed by atoms with Gasteiger partial charge in [-0.1, -0.05) is 32.0 Å². The van der Waals surface area contributed by atoms with E-state index in [0.717, 1.165) is 19.3 Å². The van der Waals surface area contributed by atoms with Gasteiger partial charge in [0.1, 0.15) is 5.75 Å². The zero-order valence-electron chi connectivity index (χ0n) is 15.8. The van der Waals surface area contributed by atoms with Crippen molar-refractivity contribution in [3.63, 3.8) is 0 Å². The largest absolute Gasteiger partial charge is 0.484 e. The highest BCUT2D eigenvalue weighted by Gasteiger charge is 2.29. The van der Waals surface area contributed by atoms with Crippen molar-refractivity contribution < 1.29 is 14.3 Å². The molecule has 0 aliphatic carbocycles. The first-order valence-electron chi connectivity index (χ1n) is 9.45. The van der Waals surface area contributed by atoms with Crippen molar-refractivity contribution in [2.75, 3.05) is 26.2 Å². The zero-order valence-corrected chi connectivity index (χ0v) is 15.8. The second kappa shape index (κ2) is 10.2. The van der Waals surface area contributed by atoms with Crippen molar-refractivity contribution in [2.45, 2.75) is 39.2 Å². The van der Waals surface area contributed by atoms with Crippen LogP contribution < -0.4 is 15.8 Å². The predicted molar refractivity (Wildman–Crippen MR) is 102 cm³/mol. The van der Waals surface area contributed by atoms with Gasteiger partial charge in [0.15, 0.2) is 6.61 Å². The topological polar surface area (TPSA) is 84.7 Å². The normalized spacial score (nSPS) is 18.5. The maximum atomic E-state index is 12.6. The number of rotatable bonds is 8. The molecule has 3 N–H and O–H groups in total. The number of benzene rings is 1. The maximum Gasteiger partial charge on any atom is 0.260 e. The van der Waals surface area contributed by atoms with Gasteiger partial charge in [-0.25, -0.2) is 0 Å². The Hall–Kier alpha value is -2.08. The summed E-state index contributed by atoms with van der Waals surface area (Å²) >= 11 is 0. The van der Waals surface area contributed by atoms with E-state index in [4.69, 9.17) is 10.5 Å². The Bertz CT molecular complexity index is 577. The number of amides is 2. The molecule has 2 atom stereocenters. The minimum Gasteiger partial charge on any atom is -0.484 e. The van der Waals surface area contributed by atoms with Gasteiger partial charge in [-0.3, -0.25) is 9.59 Å². The van der Waals surface area contributed by atoms with E-state index in [1.807, 2.05) is 30.3 Å². The number of hydrogen-bond donors (Lipinski definition) is 2. The van der Waals surface area contributed by atoms with E-state index < -0.39 is 0 Å². The van der Waals surface area contributed by atoms with Crippen LogP contribution in [0.1, 0.15) is 33.1 Å². The molecule has 26 heavy (non-hydrogen) atoms.